The van der Waals surface area contributed by atoms with Crippen LogP contribution in [0, 0.1) is 3.57 Å². The van der Waals surface area contributed by atoms with Gasteiger partial charge in [0, 0.05) is 0 Å². The number of hydrogen-bond acceptors (Lipinski definition) is 3. The summed E-state index contributed by atoms with van der Waals surface area (Å²) in [5.74, 6) is 0.461. The Hall–Kier alpha value is -1.56. The zero-order valence-corrected chi connectivity index (χ0v) is 13.3. The maximum Gasteiger partial charge on any atom is 0.338 e. The van der Waals surface area contributed by atoms with Gasteiger partial charge in [0.15, 0.2) is 0 Å². The van der Waals surface area contributed by atoms with Gasteiger partial charge in [-0.25, -0.2) is 4.79 Å². The molecule has 2 aromatic rings. The monoisotopic (exact) mass is 382 g/mol. The Balaban J connectivity index is 2.04. The van der Waals surface area contributed by atoms with E-state index < -0.39 is 0 Å². The number of carbonyl (C=O) groups excluding carboxylic acids is 1. The third-order valence-electron chi connectivity index (χ3n) is 2.68. The van der Waals surface area contributed by atoms with Gasteiger partial charge < -0.3 is 9.47 Å². The summed E-state index contributed by atoms with van der Waals surface area (Å²) in [7, 11) is 0. The van der Waals surface area contributed by atoms with Gasteiger partial charge in [0.2, 0.25) is 0 Å². The summed E-state index contributed by atoms with van der Waals surface area (Å²) < 4.78 is 11.6. The molecule has 4 heteroatoms. The van der Waals surface area contributed by atoms with Gasteiger partial charge in [-0.15, -0.1) is 0 Å². The van der Waals surface area contributed by atoms with Crippen LogP contribution in [0.2, 0.25) is 0 Å². The molecule has 0 saturated carbocycles. The van der Waals surface area contributed by atoms with Crippen molar-refractivity contribution in [3.63, 3.8) is 0 Å². The summed E-state index contributed by atoms with van der Waals surface area (Å²) in [6, 6.07) is 15.3. The van der Waals surface area contributed by atoms with E-state index in [1.165, 1.54) is 0 Å². The lowest BCUT2D eigenvalue weighted by atomic mass is 10.2. The van der Waals surface area contributed by atoms with Gasteiger partial charge in [-0.3, -0.25) is 0 Å². The van der Waals surface area contributed by atoms with Crippen LogP contribution in [0.15, 0.2) is 48.5 Å². The highest BCUT2D eigenvalue weighted by Gasteiger charge is 2.09. The fourth-order valence-corrected chi connectivity index (χ4v) is 2.37. The topological polar surface area (TPSA) is 35.5 Å². The van der Waals surface area contributed by atoms with Gasteiger partial charge in [-0.1, -0.05) is 30.3 Å². The number of rotatable bonds is 5. The summed E-state index contributed by atoms with van der Waals surface area (Å²) >= 11 is 2.16. The molecule has 104 valence electrons. The van der Waals surface area contributed by atoms with Crippen LogP contribution in [0.5, 0.6) is 5.75 Å². The first-order valence-corrected chi connectivity index (χ1v) is 7.42. The van der Waals surface area contributed by atoms with Crippen LogP contribution in [-0.2, 0) is 11.3 Å². The minimum absolute atomic E-state index is 0.306. The molecule has 2 rings (SSSR count). The number of benzene rings is 2. The Morgan fingerprint density at radius 3 is 2.55 bits per heavy atom. The van der Waals surface area contributed by atoms with E-state index in [2.05, 4.69) is 22.6 Å². The van der Waals surface area contributed by atoms with E-state index in [9.17, 15) is 4.79 Å². The van der Waals surface area contributed by atoms with Crippen LogP contribution < -0.4 is 4.74 Å². The number of halogens is 1. The Labute approximate surface area is 132 Å². The number of hydrogen-bond donors (Lipinski definition) is 0. The third-order valence-corrected chi connectivity index (χ3v) is 3.52. The molecular weight excluding hydrogens is 367 g/mol. The normalized spacial score (nSPS) is 10.1. The standard InChI is InChI=1S/C16H15IO3/c1-2-19-16(18)13-8-9-15(14(17)10-13)20-11-12-6-4-3-5-7-12/h3-10H,2,11H2,1H3. The second-order valence-corrected chi connectivity index (χ2v) is 5.30. The predicted molar refractivity (Wildman–Crippen MR) is 85.9 cm³/mol. The van der Waals surface area contributed by atoms with Crippen molar-refractivity contribution in [3.8, 4) is 5.75 Å². The van der Waals surface area contributed by atoms with Crippen molar-refractivity contribution in [1.82, 2.24) is 0 Å². The minimum Gasteiger partial charge on any atom is -0.488 e. The molecule has 0 aliphatic carbocycles. The lowest BCUT2D eigenvalue weighted by molar-refractivity contribution is 0.0526. The molecule has 0 N–H and O–H groups in total. The van der Waals surface area contributed by atoms with Crippen LogP contribution >= 0.6 is 22.6 Å². The van der Waals surface area contributed by atoms with Gasteiger partial charge in [0.1, 0.15) is 12.4 Å². The maximum atomic E-state index is 11.6. The number of ether oxygens (including phenoxy) is 2. The van der Waals surface area contributed by atoms with E-state index in [0.29, 0.717) is 18.8 Å². The first kappa shape index (κ1) is 14.8. The Kier molecular flexibility index (Phi) is 5.40. The maximum absolute atomic E-state index is 11.6. The molecule has 0 aliphatic heterocycles. The highest BCUT2D eigenvalue weighted by atomic mass is 127. The average molecular weight is 382 g/mol. The number of carbonyl (C=O) groups is 1. The second-order valence-electron chi connectivity index (χ2n) is 4.14. The second kappa shape index (κ2) is 7.28. The summed E-state index contributed by atoms with van der Waals surface area (Å²) in [5, 5.41) is 0. The lowest BCUT2D eigenvalue weighted by Gasteiger charge is -2.09. The average Bonchev–Trinajstić information content (AvgIpc) is 2.47. The van der Waals surface area contributed by atoms with Crippen LogP contribution in [-0.4, -0.2) is 12.6 Å². The van der Waals surface area contributed by atoms with Gasteiger partial charge in [0.05, 0.1) is 15.7 Å². The molecule has 0 saturated heterocycles. The number of esters is 1. The van der Waals surface area contributed by atoms with Gasteiger partial charge in [-0.2, -0.15) is 0 Å². The van der Waals surface area contributed by atoms with Crippen molar-refractivity contribution in [2.75, 3.05) is 6.61 Å². The van der Waals surface area contributed by atoms with Crippen molar-refractivity contribution in [1.29, 1.82) is 0 Å². The quantitative estimate of drug-likeness (QED) is 0.578. The molecule has 0 radical (unpaired) electrons. The van der Waals surface area contributed by atoms with E-state index in [4.69, 9.17) is 9.47 Å². The summed E-state index contributed by atoms with van der Waals surface area (Å²) in [5.41, 5.74) is 1.65. The van der Waals surface area contributed by atoms with Crippen molar-refractivity contribution in [3.05, 3.63) is 63.2 Å². The molecule has 0 atom stereocenters. The Morgan fingerprint density at radius 1 is 1.15 bits per heavy atom. The molecule has 0 unspecified atom stereocenters. The summed E-state index contributed by atoms with van der Waals surface area (Å²) in [4.78, 5) is 11.6. The Bertz CT molecular complexity index is 582. The van der Waals surface area contributed by atoms with Gasteiger partial charge in [0.25, 0.3) is 0 Å². The van der Waals surface area contributed by atoms with Crippen molar-refractivity contribution >= 4 is 28.6 Å². The highest BCUT2D eigenvalue weighted by molar-refractivity contribution is 14.1. The van der Waals surface area contributed by atoms with Crippen LogP contribution in [0.1, 0.15) is 22.8 Å². The van der Waals surface area contributed by atoms with E-state index in [-0.39, 0.29) is 5.97 Å². The fraction of sp³-hybridized carbons (Fsp3) is 0.188. The van der Waals surface area contributed by atoms with Crippen LogP contribution in [0.25, 0.3) is 0 Å². The molecule has 0 aromatic heterocycles. The van der Waals surface area contributed by atoms with Crippen LogP contribution in [0.4, 0.5) is 0 Å². The van der Waals surface area contributed by atoms with E-state index >= 15 is 0 Å². The van der Waals surface area contributed by atoms with E-state index in [1.54, 1.807) is 25.1 Å². The fourth-order valence-electron chi connectivity index (χ4n) is 1.69. The largest absolute Gasteiger partial charge is 0.488 e. The zero-order valence-electron chi connectivity index (χ0n) is 11.1. The lowest BCUT2D eigenvalue weighted by Crippen LogP contribution is -2.05. The SMILES string of the molecule is CCOC(=O)c1ccc(OCc2ccccc2)c(I)c1. The molecule has 2 aromatic carbocycles. The molecule has 0 bridgehead atoms. The molecule has 20 heavy (non-hydrogen) atoms. The molecule has 0 fully saturated rings. The molecule has 0 aliphatic rings. The minimum atomic E-state index is -0.306. The molecule has 0 spiro atoms. The smallest absolute Gasteiger partial charge is 0.338 e. The Morgan fingerprint density at radius 2 is 1.90 bits per heavy atom. The van der Waals surface area contributed by atoms with Crippen molar-refractivity contribution < 1.29 is 14.3 Å². The highest BCUT2D eigenvalue weighted by Crippen LogP contribution is 2.23. The van der Waals surface area contributed by atoms with Gasteiger partial charge in [-0.05, 0) is 53.3 Å². The molecule has 0 amide bonds. The molecule has 3 nitrogen and oxygen atoms in total. The first-order chi connectivity index (χ1) is 9.70. The van der Waals surface area contributed by atoms with E-state index in [1.807, 2.05) is 30.3 Å². The van der Waals surface area contributed by atoms with Crippen LogP contribution in [0.3, 0.4) is 0 Å². The first-order valence-electron chi connectivity index (χ1n) is 6.34. The van der Waals surface area contributed by atoms with Crippen molar-refractivity contribution in [2.24, 2.45) is 0 Å². The van der Waals surface area contributed by atoms with E-state index in [0.717, 1.165) is 14.9 Å². The summed E-state index contributed by atoms with van der Waals surface area (Å²) in [6.45, 7) is 2.68. The van der Waals surface area contributed by atoms with Crippen molar-refractivity contribution in [2.45, 2.75) is 13.5 Å². The predicted octanol–water partition coefficient (Wildman–Crippen LogP) is 4.05. The molecule has 0 heterocycles. The molecular formula is C16H15IO3. The third kappa shape index (κ3) is 3.96. The zero-order chi connectivity index (χ0) is 14.4. The summed E-state index contributed by atoms with van der Waals surface area (Å²) in [6.07, 6.45) is 0. The van der Waals surface area contributed by atoms with Gasteiger partial charge >= 0.3 is 5.97 Å².